The molecule has 6 heteroatoms. The van der Waals surface area contributed by atoms with Gasteiger partial charge in [-0.15, -0.1) is 6.58 Å². The predicted octanol–water partition coefficient (Wildman–Crippen LogP) is 1.35. The Labute approximate surface area is 107 Å². The van der Waals surface area contributed by atoms with Crippen molar-refractivity contribution in [3.63, 3.8) is 0 Å². The minimum atomic E-state index is -3.96. The van der Waals surface area contributed by atoms with Gasteiger partial charge < -0.3 is 0 Å². The second-order valence-corrected chi connectivity index (χ2v) is 5.65. The first-order valence-electron chi connectivity index (χ1n) is 5.40. The van der Waals surface area contributed by atoms with E-state index < -0.39 is 15.9 Å². The summed E-state index contributed by atoms with van der Waals surface area (Å²) in [6.07, 6.45) is 1.94. The first kappa shape index (κ1) is 14.4. The highest BCUT2D eigenvalue weighted by molar-refractivity contribution is 7.89. The number of sulfonamides is 1. The Morgan fingerprint density at radius 3 is 2.44 bits per heavy atom. The van der Waals surface area contributed by atoms with Crippen molar-refractivity contribution in [3.05, 3.63) is 42.5 Å². The third-order valence-electron chi connectivity index (χ3n) is 2.39. The second-order valence-electron chi connectivity index (χ2n) is 3.84. The van der Waals surface area contributed by atoms with Gasteiger partial charge in [0.25, 0.3) is 15.9 Å². The summed E-state index contributed by atoms with van der Waals surface area (Å²) < 4.78 is 24.3. The first-order valence-corrected chi connectivity index (χ1v) is 6.84. The highest BCUT2D eigenvalue weighted by Crippen LogP contribution is 2.14. The van der Waals surface area contributed by atoms with E-state index in [0.29, 0.717) is 10.8 Å². The van der Waals surface area contributed by atoms with Gasteiger partial charge in [-0.05, 0) is 25.5 Å². The third kappa shape index (κ3) is 3.18. The number of carbonyl (C=O) groups is 1. The van der Waals surface area contributed by atoms with Crippen LogP contribution >= 0.6 is 0 Å². The maximum atomic E-state index is 12.0. The van der Waals surface area contributed by atoms with E-state index in [4.69, 9.17) is 5.84 Å². The van der Waals surface area contributed by atoms with E-state index in [-0.39, 0.29) is 11.3 Å². The number of hydrogen-bond donors (Lipinski definition) is 1. The zero-order chi connectivity index (χ0) is 13.8. The summed E-state index contributed by atoms with van der Waals surface area (Å²) in [5.74, 6) is 4.71. The topological polar surface area (TPSA) is 80.5 Å². The Morgan fingerprint density at radius 2 is 1.94 bits per heavy atom. The molecule has 0 atom stereocenters. The van der Waals surface area contributed by atoms with Crippen LogP contribution in [0, 0.1) is 6.92 Å². The largest absolute Gasteiger partial charge is 0.280 e. The Kier molecular flexibility index (Phi) is 4.63. The molecule has 1 aromatic rings. The zero-order valence-corrected chi connectivity index (χ0v) is 11.0. The molecule has 98 valence electrons. The van der Waals surface area contributed by atoms with Gasteiger partial charge in [0.1, 0.15) is 0 Å². The van der Waals surface area contributed by atoms with Crippen LogP contribution in [0.25, 0.3) is 0 Å². The molecule has 1 rings (SSSR count). The molecule has 0 aliphatic carbocycles. The predicted molar refractivity (Wildman–Crippen MR) is 68.8 cm³/mol. The van der Waals surface area contributed by atoms with Gasteiger partial charge in [-0.3, -0.25) is 4.79 Å². The number of hydrogen-bond acceptors (Lipinski definition) is 4. The lowest BCUT2D eigenvalue weighted by molar-refractivity contribution is -0.126. The summed E-state index contributed by atoms with van der Waals surface area (Å²) in [4.78, 5) is 11.6. The molecule has 0 aliphatic rings. The molecule has 1 aromatic carbocycles. The Hall–Kier alpha value is -1.66. The number of carbonyl (C=O) groups excluding carboxylic acids is 1. The summed E-state index contributed by atoms with van der Waals surface area (Å²) in [5, 5.41) is 0. The number of hydrazine groups is 1. The number of benzene rings is 1. The first-order chi connectivity index (χ1) is 8.39. The third-order valence-corrected chi connectivity index (χ3v) is 3.98. The van der Waals surface area contributed by atoms with Gasteiger partial charge in [0.15, 0.2) is 0 Å². The molecule has 0 aliphatic heterocycles. The van der Waals surface area contributed by atoms with Crippen molar-refractivity contribution in [1.29, 1.82) is 0 Å². The summed E-state index contributed by atoms with van der Waals surface area (Å²) in [6, 6.07) is 6.14. The van der Waals surface area contributed by atoms with E-state index in [1.165, 1.54) is 18.2 Å². The molecule has 0 aromatic heterocycles. The molecule has 5 nitrogen and oxygen atoms in total. The van der Waals surface area contributed by atoms with E-state index in [1.807, 2.05) is 6.92 Å². The molecule has 0 bridgehead atoms. The Bertz CT molecular complexity index is 535. The van der Waals surface area contributed by atoms with Crippen LogP contribution in [-0.4, -0.2) is 18.7 Å². The lowest BCUT2D eigenvalue weighted by Gasteiger charge is -2.16. The van der Waals surface area contributed by atoms with Crippen molar-refractivity contribution in [1.82, 2.24) is 4.41 Å². The monoisotopic (exact) mass is 268 g/mol. The number of nitrogens with zero attached hydrogens (tertiary/aromatic N) is 1. The van der Waals surface area contributed by atoms with Gasteiger partial charge in [-0.25, -0.2) is 5.84 Å². The van der Waals surface area contributed by atoms with Crippen molar-refractivity contribution < 1.29 is 13.2 Å². The van der Waals surface area contributed by atoms with Crippen LogP contribution in [-0.2, 0) is 14.8 Å². The summed E-state index contributed by atoms with van der Waals surface area (Å²) >= 11 is 0. The highest BCUT2D eigenvalue weighted by Gasteiger charge is 2.25. The minimum Gasteiger partial charge on any atom is -0.272 e. The van der Waals surface area contributed by atoms with E-state index in [2.05, 4.69) is 6.58 Å². The fraction of sp³-hybridized carbons (Fsp3) is 0.250. The van der Waals surface area contributed by atoms with E-state index in [9.17, 15) is 13.2 Å². The standard InChI is InChI=1S/C12H16N2O3S/c1-3-4-5-12(15)14(13)18(16,17)11-8-6-10(2)7-9-11/h3,6-9H,1,4-5,13H2,2H3. The normalized spacial score (nSPS) is 11.0. The molecule has 1 amide bonds. The van der Waals surface area contributed by atoms with Crippen molar-refractivity contribution in [2.45, 2.75) is 24.7 Å². The average Bonchev–Trinajstić information content (AvgIpc) is 2.35. The molecular formula is C12H16N2O3S. The van der Waals surface area contributed by atoms with Crippen LogP contribution in [0.2, 0.25) is 0 Å². The average molecular weight is 268 g/mol. The molecule has 0 spiro atoms. The SMILES string of the molecule is C=CCCC(=O)N(N)S(=O)(=O)c1ccc(C)cc1. The van der Waals surface area contributed by atoms with Gasteiger partial charge in [0.2, 0.25) is 0 Å². The summed E-state index contributed by atoms with van der Waals surface area (Å²) in [7, 11) is -3.96. The van der Waals surface area contributed by atoms with Gasteiger partial charge in [0, 0.05) is 6.42 Å². The van der Waals surface area contributed by atoms with E-state index in [0.717, 1.165) is 5.56 Å². The molecular weight excluding hydrogens is 252 g/mol. The number of rotatable bonds is 5. The Balaban J connectivity index is 2.95. The van der Waals surface area contributed by atoms with E-state index >= 15 is 0 Å². The quantitative estimate of drug-likeness (QED) is 0.378. The molecule has 0 heterocycles. The van der Waals surface area contributed by atoms with Crippen LogP contribution in [0.5, 0.6) is 0 Å². The van der Waals surface area contributed by atoms with Gasteiger partial charge >= 0.3 is 0 Å². The van der Waals surface area contributed by atoms with Crippen molar-refractivity contribution in [3.8, 4) is 0 Å². The molecule has 0 radical (unpaired) electrons. The minimum absolute atomic E-state index is 0.00236. The fourth-order valence-corrected chi connectivity index (χ4v) is 2.36. The number of aryl methyl sites for hydroxylation is 1. The van der Waals surface area contributed by atoms with E-state index in [1.54, 1.807) is 12.1 Å². The number of amides is 1. The maximum absolute atomic E-state index is 12.0. The molecule has 0 unspecified atom stereocenters. The van der Waals surface area contributed by atoms with Gasteiger partial charge in [0.05, 0.1) is 4.90 Å². The van der Waals surface area contributed by atoms with Crippen LogP contribution in [0.3, 0.4) is 0 Å². The zero-order valence-electron chi connectivity index (χ0n) is 10.2. The molecule has 18 heavy (non-hydrogen) atoms. The molecule has 0 fully saturated rings. The van der Waals surface area contributed by atoms with Crippen LogP contribution in [0.4, 0.5) is 0 Å². The maximum Gasteiger partial charge on any atom is 0.280 e. The smallest absolute Gasteiger partial charge is 0.272 e. The fourth-order valence-electron chi connectivity index (χ4n) is 1.29. The number of nitrogens with two attached hydrogens (primary N) is 1. The van der Waals surface area contributed by atoms with Gasteiger partial charge in [-0.2, -0.15) is 12.8 Å². The lowest BCUT2D eigenvalue weighted by Crippen LogP contribution is -2.42. The van der Waals surface area contributed by atoms with Crippen LogP contribution in [0.15, 0.2) is 41.8 Å². The highest BCUT2D eigenvalue weighted by atomic mass is 32.2. The number of allylic oxidation sites excluding steroid dienone is 1. The molecule has 2 N–H and O–H groups in total. The molecule has 0 saturated carbocycles. The summed E-state index contributed by atoms with van der Waals surface area (Å²) in [5.41, 5.74) is 0.926. The Morgan fingerprint density at radius 1 is 1.39 bits per heavy atom. The van der Waals surface area contributed by atoms with Crippen molar-refractivity contribution in [2.75, 3.05) is 0 Å². The van der Waals surface area contributed by atoms with Gasteiger partial charge in [-0.1, -0.05) is 23.8 Å². The summed E-state index contributed by atoms with van der Waals surface area (Å²) in [6.45, 7) is 5.30. The lowest BCUT2D eigenvalue weighted by atomic mass is 10.2. The molecule has 0 saturated heterocycles. The van der Waals surface area contributed by atoms with Crippen molar-refractivity contribution >= 4 is 15.9 Å². The van der Waals surface area contributed by atoms with Crippen LogP contribution < -0.4 is 5.84 Å². The second kappa shape index (κ2) is 5.79. The van der Waals surface area contributed by atoms with Crippen molar-refractivity contribution in [2.24, 2.45) is 5.84 Å². The van der Waals surface area contributed by atoms with Crippen LogP contribution in [0.1, 0.15) is 18.4 Å².